The van der Waals surface area contributed by atoms with Gasteiger partial charge in [0, 0.05) is 15.9 Å². The smallest absolute Gasteiger partial charge is 0.288 e. The molecule has 0 atom stereocenters. The Hall–Kier alpha value is -2.59. The van der Waals surface area contributed by atoms with E-state index in [1.54, 1.807) is 12.1 Å². The lowest BCUT2D eigenvalue weighted by atomic mass is 9.99. The topological polar surface area (TPSA) is 57.2 Å². The molecule has 128 valence electrons. The molecular weight excluding hydrogens is 334 g/mol. The normalized spacial score (nSPS) is 12.0. The second-order valence-corrected chi connectivity index (χ2v) is 6.70. The van der Waals surface area contributed by atoms with E-state index in [-0.39, 0.29) is 11.8 Å². The average Bonchev–Trinajstić information content (AvgIpc) is 2.99. The van der Waals surface area contributed by atoms with Crippen LogP contribution in [0.1, 0.15) is 48.3 Å². The fraction of sp³-hybridized carbons (Fsp3) is 0.200. The molecule has 0 spiro atoms. The lowest BCUT2D eigenvalue weighted by Crippen LogP contribution is -2.21. The third-order valence-corrected chi connectivity index (χ3v) is 4.39. The van der Waals surface area contributed by atoms with Gasteiger partial charge in [0.05, 0.1) is 5.71 Å². The predicted molar refractivity (Wildman–Crippen MR) is 104 cm³/mol. The van der Waals surface area contributed by atoms with Crippen LogP contribution in [0.2, 0.25) is 5.02 Å². The van der Waals surface area contributed by atoms with E-state index >= 15 is 0 Å². The van der Waals surface area contributed by atoms with Gasteiger partial charge in [-0.25, -0.2) is 5.43 Å². The van der Waals surface area contributed by atoms with Gasteiger partial charge in [0.25, 0.3) is 5.91 Å². The maximum absolute atomic E-state index is 12.7. The SMILES string of the molecule is CC(=NNC(=O)c1[nH]c2ccccc2c1C(C)C)c1ccc(Cl)cc1. The summed E-state index contributed by atoms with van der Waals surface area (Å²) in [4.78, 5) is 15.9. The number of H-pyrrole nitrogens is 1. The lowest BCUT2D eigenvalue weighted by molar-refractivity contribution is 0.0949. The monoisotopic (exact) mass is 353 g/mol. The maximum Gasteiger partial charge on any atom is 0.288 e. The molecule has 1 heterocycles. The van der Waals surface area contributed by atoms with Gasteiger partial charge < -0.3 is 4.98 Å². The minimum absolute atomic E-state index is 0.221. The van der Waals surface area contributed by atoms with E-state index in [1.165, 1.54) is 0 Å². The summed E-state index contributed by atoms with van der Waals surface area (Å²) in [6, 6.07) is 15.3. The molecule has 0 saturated carbocycles. The van der Waals surface area contributed by atoms with Crippen molar-refractivity contribution in [2.45, 2.75) is 26.7 Å². The van der Waals surface area contributed by atoms with Gasteiger partial charge in [-0.15, -0.1) is 0 Å². The number of para-hydroxylation sites is 1. The minimum atomic E-state index is -0.242. The number of aromatic nitrogens is 1. The van der Waals surface area contributed by atoms with Crippen molar-refractivity contribution in [2.24, 2.45) is 5.10 Å². The van der Waals surface area contributed by atoms with Crippen LogP contribution < -0.4 is 5.43 Å². The summed E-state index contributed by atoms with van der Waals surface area (Å²) in [6.07, 6.45) is 0. The molecule has 0 bridgehead atoms. The van der Waals surface area contributed by atoms with Crippen LogP contribution in [-0.2, 0) is 0 Å². The molecule has 4 nitrogen and oxygen atoms in total. The number of hydrazone groups is 1. The number of benzene rings is 2. The van der Waals surface area contributed by atoms with Crippen LogP contribution in [0.5, 0.6) is 0 Å². The first-order valence-corrected chi connectivity index (χ1v) is 8.56. The van der Waals surface area contributed by atoms with Crippen molar-refractivity contribution in [1.29, 1.82) is 0 Å². The number of hydrogen-bond donors (Lipinski definition) is 2. The van der Waals surface area contributed by atoms with Crippen LogP contribution in [0.3, 0.4) is 0 Å². The summed E-state index contributed by atoms with van der Waals surface area (Å²) in [5.41, 5.74) is 6.80. The van der Waals surface area contributed by atoms with Gasteiger partial charge in [0.15, 0.2) is 0 Å². The molecule has 0 fully saturated rings. The first-order valence-electron chi connectivity index (χ1n) is 8.18. The van der Waals surface area contributed by atoms with Gasteiger partial charge in [0.2, 0.25) is 0 Å². The molecule has 1 aromatic heterocycles. The predicted octanol–water partition coefficient (Wildman–Crippen LogP) is 5.10. The second-order valence-electron chi connectivity index (χ2n) is 6.26. The van der Waals surface area contributed by atoms with Crippen LogP contribution in [0.15, 0.2) is 53.6 Å². The third-order valence-electron chi connectivity index (χ3n) is 4.14. The molecule has 0 radical (unpaired) electrons. The quantitative estimate of drug-likeness (QED) is 0.497. The van der Waals surface area contributed by atoms with Crippen molar-refractivity contribution in [3.63, 3.8) is 0 Å². The van der Waals surface area contributed by atoms with Crippen molar-refractivity contribution in [3.8, 4) is 0 Å². The summed E-state index contributed by atoms with van der Waals surface area (Å²) < 4.78 is 0. The summed E-state index contributed by atoms with van der Waals surface area (Å²) in [7, 11) is 0. The van der Waals surface area contributed by atoms with Crippen molar-refractivity contribution < 1.29 is 4.79 Å². The standard InChI is InChI=1S/C20H20ClN3O/c1-12(2)18-16-6-4-5-7-17(16)22-19(18)20(25)24-23-13(3)14-8-10-15(21)11-9-14/h4-12,22H,1-3H3,(H,24,25). The minimum Gasteiger partial charge on any atom is -0.350 e. The Morgan fingerprint density at radius 2 is 1.80 bits per heavy atom. The van der Waals surface area contributed by atoms with Gasteiger partial charge in [-0.1, -0.05) is 55.8 Å². The van der Waals surface area contributed by atoms with Crippen LogP contribution >= 0.6 is 11.6 Å². The molecule has 0 aliphatic rings. The molecule has 1 amide bonds. The zero-order chi connectivity index (χ0) is 18.0. The number of rotatable bonds is 4. The summed E-state index contributed by atoms with van der Waals surface area (Å²) in [6.45, 7) is 6.00. The number of fused-ring (bicyclic) bond motifs is 1. The largest absolute Gasteiger partial charge is 0.350 e. The number of carbonyl (C=O) groups excluding carboxylic acids is 1. The van der Waals surface area contributed by atoms with Crippen LogP contribution in [0.4, 0.5) is 0 Å². The van der Waals surface area contributed by atoms with Crippen molar-refractivity contribution >= 4 is 34.1 Å². The molecule has 2 N–H and O–H groups in total. The Morgan fingerprint density at radius 1 is 1.12 bits per heavy atom. The van der Waals surface area contributed by atoms with Crippen molar-refractivity contribution in [1.82, 2.24) is 10.4 Å². The highest BCUT2D eigenvalue weighted by atomic mass is 35.5. The second kappa shape index (κ2) is 7.11. The Balaban J connectivity index is 1.88. The molecule has 0 aliphatic heterocycles. The van der Waals surface area contributed by atoms with Crippen LogP contribution in [0.25, 0.3) is 10.9 Å². The Morgan fingerprint density at radius 3 is 2.48 bits per heavy atom. The van der Waals surface area contributed by atoms with Gasteiger partial charge in [-0.3, -0.25) is 4.79 Å². The highest BCUT2D eigenvalue weighted by Gasteiger charge is 2.19. The van der Waals surface area contributed by atoms with Gasteiger partial charge in [-0.2, -0.15) is 5.10 Å². The average molecular weight is 354 g/mol. The van der Waals surface area contributed by atoms with Crippen molar-refractivity contribution in [2.75, 3.05) is 0 Å². The Labute approximate surface area is 151 Å². The molecule has 25 heavy (non-hydrogen) atoms. The molecular formula is C20H20ClN3O. The van der Waals surface area contributed by atoms with E-state index in [9.17, 15) is 4.79 Å². The van der Waals surface area contributed by atoms with Crippen molar-refractivity contribution in [3.05, 3.63) is 70.4 Å². The Bertz CT molecular complexity index is 939. The molecule has 0 saturated heterocycles. The lowest BCUT2D eigenvalue weighted by Gasteiger charge is -2.08. The molecule has 0 aliphatic carbocycles. The van der Waals surface area contributed by atoms with Crippen LogP contribution in [0, 0.1) is 0 Å². The molecule has 0 unspecified atom stereocenters. The number of nitrogens with one attached hydrogen (secondary N) is 2. The Kier molecular flexibility index (Phi) is 4.91. The van der Waals surface area contributed by atoms with E-state index in [1.807, 2.05) is 43.3 Å². The van der Waals surface area contributed by atoms with Gasteiger partial charge in [-0.05, 0) is 42.2 Å². The van der Waals surface area contributed by atoms with Gasteiger partial charge >= 0.3 is 0 Å². The van der Waals surface area contributed by atoms with E-state index in [2.05, 4.69) is 29.4 Å². The third kappa shape index (κ3) is 3.59. The zero-order valence-corrected chi connectivity index (χ0v) is 15.2. The molecule has 3 aromatic rings. The van der Waals surface area contributed by atoms with Crippen LogP contribution in [-0.4, -0.2) is 16.6 Å². The van der Waals surface area contributed by atoms with E-state index < -0.39 is 0 Å². The number of carbonyl (C=O) groups is 1. The number of amides is 1. The fourth-order valence-electron chi connectivity index (χ4n) is 2.89. The highest BCUT2D eigenvalue weighted by molar-refractivity contribution is 6.30. The number of aromatic amines is 1. The molecule has 5 heteroatoms. The molecule has 3 rings (SSSR count). The van der Waals surface area contributed by atoms with Gasteiger partial charge in [0.1, 0.15) is 5.69 Å². The summed E-state index contributed by atoms with van der Waals surface area (Å²) >= 11 is 5.90. The fourth-order valence-corrected chi connectivity index (χ4v) is 3.01. The van der Waals surface area contributed by atoms with E-state index in [0.29, 0.717) is 16.4 Å². The maximum atomic E-state index is 12.7. The highest BCUT2D eigenvalue weighted by Crippen LogP contribution is 2.29. The van der Waals surface area contributed by atoms with E-state index in [4.69, 9.17) is 11.6 Å². The first kappa shape index (κ1) is 17.2. The molecule has 2 aromatic carbocycles. The summed E-state index contributed by atoms with van der Waals surface area (Å²) in [5.74, 6) is -0.0218. The first-order chi connectivity index (χ1) is 12.0. The van der Waals surface area contributed by atoms with E-state index in [0.717, 1.165) is 22.0 Å². The number of nitrogens with zero attached hydrogens (tertiary/aromatic N) is 1. The number of halogens is 1. The zero-order valence-electron chi connectivity index (χ0n) is 14.4. The number of hydrogen-bond acceptors (Lipinski definition) is 2. The summed E-state index contributed by atoms with van der Waals surface area (Å²) in [5, 5.41) is 5.96.